The molecule has 0 aliphatic carbocycles. The van der Waals surface area contributed by atoms with E-state index in [9.17, 15) is 5.11 Å². The Kier molecular flexibility index (Phi) is 3.29. The molecular weight excluding hydrogens is 274 g/mol. The second kappa shape index (κ2) is 5.10. The van der Waals surface area contributed by atoms with Crippen LogP contribution in [0.2, 0.25) is 0 Å². The highest BCUT2D eigenvalue weighted by Gasteiger charge is 2.11. The van der Waals surface area contributed by atoms with Crippen LogP contribution in [0.3, 0.4) is 0 Å². The third-order valence-electron chi connectivity index (χ3n) is 2.85. The van der Waals surface area contributed by atoms with E-state index in [1.807, 2.05) is 12.1 Å². The Morgan fingerprint density at radius 3 is 3.05 bits per heavy atom. The van der Waals surface area contributed by atoms with Crippen molar-refractivity contribution in [1.82, 2.24) is 15.2 Å². The number of nitrogens with two attached hydrogens (primary N) is 1. The van der Waals surface area contributed by atoms with Crippen LogP contribution in [-0.2, 0) is 0 Å². The number of aliphatic hydroxyl groups is 1. The number of thiophene rings is 1. The molecule has 0 bridgehead atoms. The molecular formula is C13H15N5OS. The number of hydrogen-bond donors (Lipinski definition) is 4. The number of nitrogen functional groups attached to an aromatic ring is 1. The lowest BCUT2D eigenvalue weighted by atomic mass is 10.3. The molecule has 0 radical (unpaired) electrons. The van der Waals surface area contributed by atoms with Crippen molar-refractivity contribution in [2.75, 3.05) is 17.6 Å². The first kappa shape index (κ1) is 12.9. The number of nitrogens with one attached hydrogen (secondary N) is 2. The summed E-state index contributed by atoms with van der Waals surface area (Å²) in [5.41, 5.74) is 8.51. The van der Waals surface area contributed by atoms with E-state index < -0.39 is 6.10 Å². The molecule has 0 aliphatic heterocycles. The van der Waals surface area contributed by atoms with Gasteiger partial charge in [-0.3, -0.25) is 5.10 Å². The highest BCUT2D eigenvalue weighted by atomic mass is 32.1. The lowest BCUT2D eigenvalue weighted by Gasteiger charge is -2.09. The van der Waals surface area contributed by atoms with Crippen molar-refractivity contribution in [3.8, 4) is 10.6 Å². The number of H-pyrrole nitrogens is 1. The molecule has 0 aliphatic rings. The van der Waals surface area contributed by atoms with Gasteiger partial charge in [0.05, 0.1) is 32.6 Å². The molecule has 1 atom stereocenters. The van der Waals surface area contributed by atoms with Crippen LogP contribution in [0.1, 0.15) is 6.92 Å². The van der Waals surface area contributed by atoms with E-state index in [1.165, 1.54) is 0 Å². The van der Waals surface area contributed by atoms with E-state index in [4.69, 9.17) is 5.73 Å². The van der Waals surface area contributed by atoms with Crippen LogP contribution >= 0.6 is 11.3 Å². The first-order chi connectivity index (χ1) is 9.63. The number of anilines is 2. The van der Waals surface area contributed by atoms with E-state index in [0.717, 1.165) is 26.5 Å². The molecule has 0 aromatic carbocycles. The lowest BCUT2D eigenvalue weighted by Crippen LogP contribution is -2.15. The van der Waals surface area contributed by atoms with Crippen molar-refractivity contribution in [3.63, 3.8) is 0 Å². The molecule has 0 saturated heterocycles. The van der Waals surface area contributed by atoms with Gasteiger partial charge >= 0.3 is 0 Å². The van der Waals surface area contributed by atoms with Gasteiger partial charge in [-0.05, 0) is 19.1 Å². The van der Waals surface area contributed by atoms with Gasteiger partial charge in [0.15, 0.2) is 0 Å². The fourth-order valence-corrected chi connectivity index (χ4v) is 3.02. The summed E-state index contributed by atoms with van der Waals surface area (Å²) in [7, 11) is 0. The summed E-state index contributed by atoms with van der Waals surface area (Å²) in [6.07, 6.45) is 1.29. The third-order valence-corrected chi connectivity index (χ3v) is 4.04. The smallest absolute Gasteiger partial charge is 0.126 e. The molecule has 3 heterocycles. The second-order valence-electron chi connectivity index (χ2n) is 4.62. The summed E-state index contributed by atoms with van der Waals surface area (Å²) in [4.78, 5) is 5.40. The maximum atomic E-state index is 9.39. The minimum Gasteiger partial charge on any atom is -0.392 e. The van der Waals surface area contributed by atoms with Crippen LogP contribution in [0.25, 0.3) is 20.8 Å². The minimum atomic E-state index is -0.425. The van der Waals surface area contributed by atoms with Crippen molar-refractivity contribution >= 4 is 33.1 Å². The van der Waals surface area contributed by atoms with E-state index in [1.54, 1.807) is 30.5 Å². The average molecular weight is 289 g/mol. The number of aromatic nitrogens is 3. The van der Waals surface area contributed by atoms with Crippen molar-refractivity contribution < 1.29 is 5.11 Å². The van der Waals surface area contributed by atoms with Crippen molar-refractivity contribution in [2.45, 2.75) is 13.0 Å². The van der Waals surface area contributed by atoms with Gasteiger partial charge in [0, 0.05) is 18.8 Å². The maximum absolute atomic E-state index is 9.39. The molecule has 104 valence electrons. The van der Waals surface area contributed by atoms with Gasteiger partial charge in [-0.15, -0.1) is 11.3 Å². The minimum absolute atomic E-state index is 0.425. The third kappa shape index (κ3) is 2.45. The first-order valence-electron chi connectivity index (χ1n) is 6.25. The van der Waals surface area contributed by atoms with Crippen LogP contribution in [0.15, 0.2) is 24.4 Å². The second-order valence-corrected chi connectivity index (χ2v) is 5.67. The van der Waals surface area contributed by atoms with Crippen molar-refractivity contribution in [1.29, 1.82) is 0 Å². The number of pyridine rings is 1. The average Bonchev–Trinajstić information content (AvgIpc) is 3.03. The summed E-state index contributed by atoms with van der Waals surface area (Å²) in [5.74, 6) is 0.458. The monoisotopic (exact) mass is 289 g/mol. The number of rotatable bonds is 4. The van der Waals surface area contributed by atoms with Gasteiger partial charge in [0.2, 0.25) is 0 Å². The van der Waals surface area contributed by atoms with Crippen molar-refractivity contribution in [3.05, 3.63) is 24.4 Å². The molecule has 5 N–H and O–H groups in total. The van der Waals surface area contributed by atoms with Crippen molar-refractivity contribution in [2.24, 2.45) is 0 Å². The Bertz CT molecular complexity index is 720. The Balaban J connectivity index is 2.05. The van der Waals surface area contributed by atoms with E-state index >= 15 is 0 Å². The molecule has 3 rings (SSSR count). The predicted octanol–water partition coefficient (Wildman–Crippen LogP) is 2.06. The van der Waals surface area contributed by atoms with Crippen LogP contribution in [0, 0.1) is 0 Å². The molecule has 6 nitrogen and oxygen atoms in total. The Labute approximate surface area is 119 Å². The van der Waals surface area contributed by atoms with Gasteiger partial charge in [-0.1, -0.05) is 0 Å². The predicted molar refractivity (Wildman–Crippen MR) is 81.8 cm³/mol. The standard InChI is InChI=1S/C13H15N5OS/c1-7(19)6-15-9-5-12(14)17-10-4-11(20-13(9)10)8-2-3-16-18-8/h2-5,7,19H,6H2,1H3,(H,16,18)(H3,14,15,17)/t7-/m1/s1. The zero-order valence-corrected chi connectivity index (χ0v) is 11.7. The summed E-state index contributed by atoms with van der Waals surface area (Å²) in [6, 6.07) is 5.69. The summed E-state index contributed by atoms with van der Waals surface area (Å²) in [6.45, 7) is 2.20. The normalized spacial score (nSPS) is 12.7. The topological polar surface area (TPSA) is 99.8 Å². The molecule has 0 saturated carbocycles. The van der Waals surface area contributed by atoms with Gasteiger partial charge in [0.1, 0.15) is 5.82 Å². The number of nitrogens with zero attached hydrogens (tertiary/aromatic N) is 2. The highest BCUT2D eigenvalue weighted by molar-refractivity contribution is 7.22. The molecule has 0 fully saturated rings. The van der Waals surface area contributed by atoms with E-state index in [2.05, 4.69) is 20.5 Å². The number of fused-ring (bicyclic) bond motifs is 1. The largest absolute Gasteiger partial charge is 0.392 e. The van der Waals surface area contributed by atoms with E-state index in [-0.39, 0.29) is 0 Å². The molecule has 0 unspecified atom stereocenters. The molecule has 0 spiro atoms. The Hall–Kier alpha value is -2.12. The number of hydrogen-bond acceptors (Lipinski definition) is 6. The Morgan fingerprint density at radius 2 is 2.35 bits per heavy atom. The number of aromatic amines is 1. The zero-order chi connectivity index (χ0) is 14.1. The summed E-state index contributed by atoms with van der Waals surface area (Å²) >= 11 is 1.61. The molecule has 3 aromatic heterocycles. The molecule has 20 heavy (non-hydrogen) atoms. The van der Waals surface area contributed by atoms with Gasteiger partial charge < -0.3 is 16.2 Å². The van der Waals surface area contributed by atoms with Gasteiger partial charge in [-0.25, -0.2) is 4.98 Å². The molecule has 7 heteroatoms. The fraction of sp³-hybridized carbons (Fsp3) is 0.231. The van der Waals surface area contributed by atoms with Gasteiger partial charge in [-0.2, -0.15) is 5.10 Å². The quantitative estimate of drug-likeness (QED) is 0.589. The van der Waals surface area contributed by atoms with E-state index in [0.29, 0.717) is 12.4 Å². The van der Waals surface area contributed by atoms with Gasteiger partial charge in [0.25, 0.3) is 0 Å². The zero-order valence-electron chi connectivity index (χ0n) is 10.9. The SMILES string of the molecule is C[C@@H](O)CNc1cc(N)nc2cc(-c3ccn[nH]3)sc12. The fourth-order valence-electron chi connectivity index (χ4n) is 1.96. The van der Waals surface area contributed by atoms with Crippen LogP contribution in [0.4, 0.5) is 11.5 Å². The van der Waals surface area contributed by atoms with Crippen LogP contribution in [0.5, 0.6) is 0 Å². The summed E-state index contributed by atoms with van der Waals surface area (Å²) < 4.78 is 1.02. The lowest BCUT2D eigenvalue weighted by molar-refractivity contribution is 0.208. The molecule has 3 aromatic rings. The summed E-state index contributed by atoms with van der Waals surface area (Å²) in [5, 5.41) is 19.5. The number of aliphatic hydroxyl groups excluding tert-OH is 1. The molecule has 0 amide bonds. The van der Waals surface area contributed by atoms with Crippen LogP contribution < -0.4 is 11.1 Å². The highest BCUT2D eigenvalue weighted by Crippen LogP contribution is 2.36. The first-order valence-corrected chi connectivity index (χ1v) is 7.07. The van der Waals surface area contributed by atoms with Crippen LogP contribution in [-0.4, -0.2) is 32.9 Å². The Morgan fingerprint density at radius 1 is 1.50 bits per heavy atom. The maximum Gasteiger partial charge on any atom is 0.126 e.